The molecule has 0 radical (unpaired) electrons. The highest BCUT2D eigenvalue weighted by molar-refractivity contribution is 6.51. The Labute approximate surface area is 196 Å². The van der Waals surface area contributed by atoms with E-state index in [2.05, 4.69) is 0 Å². The lowest BCUT2D eigenvalue weighted by Gasteiger charge is -2.25. The topological polar surface area (TPSA) is 104 Å². The van der Waals surface area contributed by atoms with Gasteiger partial charge in [-0.3, -0.25) is 19.3 Å². The molecule has 7 nitrogen and oxygen atoms in total. The zero-order chi connectivity index (χ0) is 24.4. The predicted molar refractivity (Wildman–Crippen MR) is 127 cm³/mol. The molecule has 3 aromatic rings. The largest absolute Gasteiger partial charge is 0.507 e. The van der Waals surface area contributed by atoms with Gasteiger partial charge >= 0.3 is 5.97 Å². The van der Waals surface area contributed by atoms with Gasteiger partial charge < -0.3 is 14.9 Å². The number of carboxylic acids is 1. The molecule has 3 aromatic carbocycles. The number of nitrogens with zero attached hydrogens (tertiary/aromatic N) is 1. The number of carbonyl (C=O) groups excluding carboxylic acids is 2. The smallest absolute Gasteiger partial charge is 0.307 e. The number of hydrogen-bond donors (Lipinski definition) is 2. The average Bonchev–Trinajstić information content (AvgIpc) is 3.09. The van der Waals surface area contributed by atoms with E-state index in [-0.39, 0.29) is 17.8 Å². The van der Waals surface area contributed by atoms with E-state index in [9.17, 15) is 19.5 Å². The first-order valence-electron chi connectivity index (χ1n) is 10.6. The summed E-state index contributed by atoms with van der Waals surface area (Å²) in [6.07, 6.45) is -0.155. The number of aliphatic hydroxyl groups is 1. The molecule has 0 saturated carbocycles. The zero-order valence-electron chi connectivity index (χ0n) is 18.7. The number of rotatable bonds is 6. The molecular formula is C27H23NO6. The lowest BCUT2D eigenvalue weighted by atomic mass is 9.94. The monoisotopic (exact) mass is 457 g/mol. The number of aryl methyl sites for hydroxylation is 1. The number of carbonyl (C=O) groups is 3. The third-order valence-electron chi connectivity index (χ3n) is 5.80. The molecule has 1 fully saturated rings. The number of amides is 1. The van der Waals surface area contributed by atoms with Crippen LogP contribution in [0.15, 0.2) is 78.4 Å². The molecule has 1 aliphatic rings. The van der Waals surface area contributed by atoms with Crippen LogP contribution in [0.2, 0.25) is 0 Å². The van der Waals surface area contributed by atoms with Crippen molar-refractivity contribution in [3.05, 3.63) is 101 Å². The van der Waals surface area contributed by atoms with Gasteiger partial charge in [-0.05, 0) is 53.9 Å². The van der Waals surface area contributed by atoms with Gasteiger partial charge in [-0.2, -0.15) is 0 Å². The van der Waals surface area contributed by atoms with Crippen molar-refractivity contribution in [1.82, 2.24) is 0 Å². The van der Waals surface area contributed by atoms with Crippen LogP contribution in [0.25, 0.3) is 5.76 Å². The van der Waals surface area contributed by atoms with E-state index in [1.165, 1.54) is 4.90 Å². The second-order valence-electron chi connectivity index (χ2n) is 8.00. The fourth-order valence-electron chi connectivity index (χ4n) is 4.18. The molecule has 4 rings (SSSR count). The maximum absolute atomic E-state index is 13.2. The number of aliphatic carboxylic acids is 1. The van der Waals surface area contributed by atoms with Crippen molar-refractivity contribution in [2.75, 3.05) is 12.0 Å². The number of Topliss-reactive ketones (excluding diaryl/α,β-unsaturated/α-hetero) is 1. The van der Waals surface area contributed by atoms with Crippen LogP contribution in [0.1, 0.15) is 28.3 Å². The van der Waals surface area contributed by atoms with Crippen LogP contribution in [0.5, 0.6) is 5.75 Å². The second-order valence-corrected chi connectivity index (χ2v) is 8.00. The highest BCUT2D eigenvalue weighted by atomic mass is 16.5. The van der Waals surface area contributed by atoms with Crippen molar-refractivity contribution in [2.24, 2.45) is 0 Å². The summed E-state index contributed by atoms with van der Waals surface area (Å²) in [6.45, 7) is 1.82. The van der Waals surface area contributed by atoms with Crippen LogP contribution in [0.4, 0.5) is 5.69 Å². The minimum atomic E-state index is -0.965. The minimum Gasteiger partial charge on any atom is -0.507 e. The average molecular weight is 457 g/mol. The van der Waals surface area contributed by atoms with Crippen molar-refractivity contribution >= 4 is 29.1 Å². The van der Waals surface area contributed by atoms with Crippen molar-refractivity contribution in [3.8, 4) is 5.75 Å². The summed E-state index contributed by atoms with van der Waals surface area (Å²) in [7, 11) is 1.55. The second kappa shape index (κ2) is 9.23. The van der Waals surface area contributed by atoms with E-state index < -0.39 is 23.7 Å². The third-order valence-corrected chi connectivity index (χ3v) is 5.80. The summed E-state index contributed by atoms with van der Waals surface area (Å²) >= 11 is 0. The van der Waals surface area contributed by atoms with E-state index in [4.69, 9.17) is 9.84 Å². The van der Waals surface area contributed by atoms with Gasteiger partial charge in [0.05, 0.1) is 25.1 Å². The molecule has 1 unspecified atom stereocenters. The quantitative estimate of drug-likeness (QED) is 0.326. The number of ether oxygens (including phenoxy) is 1. The van der Waals surface area contributed by atoms with E-state index in [1.54, 1.807) is 73.8 Å². The van der Waals surface area contributed by atoms with Gasteiger partial charge in [0, 0.05) is 11.3 Å². The third kappa shape index (κ3) is 4.15. The standard InChI is InChI=1S/C27H23NO6/c1-16-14-19(10-13-21(16)34-2)25(31)23-24(18-6-4-3-5-7-18)28(27(33)26(23)32)20-11-8-17(9-12-20)15-22(29)30/h3-14,24,31H,15H2,1-2H3,(H,29,30)/b25-23-. The number of ketones is 1. The van der Waals surface area contributed by atoms with Crippen molar-refractivity contribution in [3.63, 3.8) is 0 Å². The molecule has 1 heterocycles. The number of hydrogen-bond acceptors (Lipinski definition) is 5. The molecule has 1 saturated heterocycles. The van der Waals surface area contributed by atoms with E-state index in [0.717, 1.165) is 5.56 Å². The Balaban J connectivity index is 1.86. The van der Waals surface area contributed by atoms with Crippen molar-refractivity contribution < 1.29 is 29.3 Å². The number of anilines is 1. The molecule has 0 spiro atoms. The summed E-state index contributed by atoms with van der Waals surface area (Å²) in [6, 6.07) is 19.6. The molecule has 7 heteroatoms. The Hall–Kier alpha value is -4.39. The SMILES string of the molecule is COc1ccc(/C(O)=C2/C(=O)C(=O)N(c3ccc(CC(=O)O)cc3)C2c2ccccc2)cc1C. The van der Waals surface area contributed by atoms with Crippen LogP contribution in [0, 0.1) is 6.92 Å². The molecule has 2 N–H and O–H groups in total. The summed E-state index contributed by atoms with van der Waals surface area (Å²) in [4.78, 5) is 38.7. The lowest BCUT2D eigenvalue weighted by Crippen LogP contribution is -2.29. The van der Waals surface area contributed by atoms with Gasteiger partial charge in [-0.15, -0.1) is 0 Å². The van der Waals surface area contributed by atoms with Crippen molar-refractivity contribution in [2.45, 2.75) is 19.4 Å². The van der Waals surface area contributed by atoms with Gasteiger partial charge in [0.2, 0.25) is 0 Å². The lowest BCUT2D eigenvalue weighted by molar-refractivity contribution is -0.136. The Kier molecular flexibility index (Phi) is 6.19. The summed E-state index contributed by atoms with van der Waals surface area (Å²) < 4.78 is 5.28. The van der Waals surface area contributed by atoms with Crippen LogP contribution >= 0.6 is 0 Å². The van der Waals surface area contributed by atoms with Gasteiger partial charge in [0.1, 0.15) is 11.5 Å². The molecule has 0 aliphatic carbocycles. The maximum atomic E-state index is 13.2. The fraction of sp³-hybridized carbons (Fsp3) is 0.148. The molecule has 34 heavy (non-hydrogen) atoms. The van der Waals surface area contributed by atoms with Crippen LogP contribution in [-0.2, 0) is 20.8 Å². The van der Waals surface area contributed by atoms with Gasteiger partial charge in [0.25, 0.3) is 11.7 Å². The summed E-state index contributed by atoms with van der Waals surface area (Å²) in [5.74, 6) is -2.17. The van der Waals surface area contributed by atoms with Crippen LogP contribution < -0.4 is 9.64 Å². The van der Waals surface area contributed by atoms with Gasteiger partial charge in [-0.1, -0.05) is 42.5 Å². The molecular weight excluding hydrogens is 434 g/mol. The Morgan fingerprint density at radius 2 is 1.65 bits per heavy atom. The number of aliphatic hydroxyl groups excluding tert-OH is 1. The first kappa shape index (κ1) is 22.8. The Bertz CT molecular complexity index is 1290. The Morgan fingerprint density at radius 3 is 2.24 bits per heavy atom. The zero-order valence-corrected chi connectivity index (χ0v) is 18.7. The highest BCUT2D eigenvalue weighted by Gasteiger charge is 2.46. The van der Waals surface area contributed by atoms with Gasteiger partial charge in [-0.25, -0.2) is 0 Å². The fourth-order valence-corrected chi connectivity index (χ4v) is 4.18. The number of carboxylic acid groups (broad SMARTS) is 1. The summed E-state index contributed by atoms with van der Waals surface area (Å²) in [5.41, 5.74) is 2.80. The number of methoxy groups -OCH3 is 1. The predicted octanol–water partition coefficient (Wildman–Crippen LogP) is 4.26. The molecule has 172 valence electrons. The van der Waals surface area contributed by atoms with E-state index in [0.29, 0.717) is 28.1 Å². The summed E-state index contributed by atoms with van der Waals surface area (Å²) in [5, 5.41) is 20.2. The number of benzene rings is 3. The van der Waals surface area contributed by atoms with E-state index in [1.807, 2.05) is 13.0 Å². The highest BCUT2D eigenvalue weighted by Crippen LogP contribution is 2.42. The maximum Gasteiger partial charge on any atom is 0.307 e. The molecule has 1 amide bonds. The normalized spacial score (nSPS) is 17.1. The van der Waals surface area contributed by atoms with Crippen LogP contribution in [-0.4, -0.2) is 35.0 Å². The molecule has 0 aromatic heterocycles. The Morgan fingerprint density at radius 1 is 0.971 bits per heavy atom. The minimum absolute atomic E-state index is 0.0182. The molecule has 1 aliphatic heterocycles. The van der Waals surface area contributed by atoms with Gasteiger partial charge in [0.15, 0.2) is 0 Å². The van der Waals surface area contributed by atoms with E-state index >= 15 is 0 Å². The van der Waals surface area contributed by atoms with Crippen LogP contribution in [0.3, 0.4) is 0 Å². The first-order chi connectivity index (χ1) is 16.3. The molecule has 1 atom stereocenters. The molecule has 0 bridgehead atoms. The van der Waals surface area contributed by atoms with Crippen molar-refractivity contribution in [1.29, 1.82) is 0 Å². The first-order valence-corrected chi connectivity index (χ1v) is 10.6.